The molecule has 0 aliphatic carbocycles. The second-order valence-corrected chi connectivity index (χ2v) is 6.99. The van der Waals surface area contributed by atoms with Crippen LogP contribution in [0.15, 0.2) is 60.8 Å². The fraction of sp³-hybridized carbons (Fsp3) is 0.304. The molecule has 0 bridgehead atoms. The summed E-state index contributed by atoms with van der Waals surface area (Å²) in [7, 11) is 0. The number of carbonyl (C=O) groups excluding carboxylic acids is 1. The van der Waals surface area contributed by atoms with Crippen LogP contribution in [-0.4, -0.2) is 41.7 Å². The summed E-state index contributed by atoms with van der Waals surface area (Å²) >= 11 is 0. The summed E-state index contributed by atoms with van der Waals surface area (Å²) in [5.74, 6) is 1.49. The Hall–Kier alpha value is -3.28. The smallest absolute Gasteiger partial charge is 0.321 e. The van der Waals surface area contributed by atoms with Crippen molar-refractivity contribution in [2.45, 2.75) is 25.9 Å². The van der Waals surface area contributed by atoms with E-state index in [-0.39, 0.29) is 12.1 Å². The van der Waals surface area contributed by atoms with Crippen molar-refractivity contribution in [3.8, 4) is 11.5 Å². The molecule has 29 heavy (non-hydrogen) atoms. The minimum absolute atomic E-state index is 0.0716. The average Bonchev–Trinajstić information content (AvgIpc) is 2.76. The molecule has 150 valence electrons. The van der Waals surface area contributed by atoms with Gasteiger partial charge in [-0.3, -0.25) is 4.98 Å². The SMILES string of the molecule is CCOc1ccccc1NC(=O)N1CCC(Oc2cccc3cccnc23)CC1. The summed E-state index contributed by atoms with van der Waals surface area (Å²) in [4.78, 5) is 18.9. The van der Waals surface area contributed by atoms with Gasteiger partial charge < -0.3 is 19.7 Å². The van der Waals surface area contributed by atoms with Gasteiger partial charge in [0.1, 0.15) is 23.1 Å². The number of piperidine rings is 1. The highest BCUT2D eigenvalue weighted by molar-refractivity contribution is 5.91. The van der Waals surface area contributed by atoms with Gasteiger partial charge in [0.2, 0.25) is 0 Å². The van der Waals surface area contributed by atoms with Crippen LogP contribution in [0, 0.1) is 0 Å². The molecule has 2 heterocycles. The van der Waals surface area contributed by atoms with Gasteiger partial charge in [0, 0.05) is 37.5 Å². The van der Waals surface area contributed by atoms with E-state index in [4.69, 9.17) is 9.47 Å². The zero-order chi connectivity index (χ0) is 20.1. The van der Waals surface area contributed by atoms with Crippen LogP contribution in [0.3, 0.4) is 0 Å². The predicted octanol–water partition coefficient (Wildman–Crippen LogP) is 4.71. The maximum atomic E-state index is 12.7. The molecule has 1 fully saturated rings. The number of benzene rings is 2. The monoisotopic (exact) mass is 391 g/mol. The van der Waals surface area contributed by atoms with E-state index in [2.05, 4.69) is 10.3 Å². The summed E-state index contributed by atoms with van der Waals surface area (Å²) < 4.78 is 11.8. The fourth-order valence-corrected chi connectivity index (χ4v) is 3.57. The molecule has 0 atom stereocenters. The van der Waals surface area contributed by atoms with Crippen molar-refractivity contribution in [2.75, 3.05) is 25.0 Å². The van der Waals surface area contributed by atoms with Crippen molar-refractivity contribution >= 4 is 22.6 Å². The van der Waals surface area contributed by atoms with Crippen LogP contribution in [0.1, 0.15) is 19.8 Å². The van der Waals surface area contributed by atoms with E-state index in [0.717, 1.165) is 29.5 Å². The number of likely N-dealkylation sites (tertiary alicyclic amines) is 1. The number of pyridine rings is 1. The van der Waals surface area contributed by atoms with Crippen molar-refractivity contribution < 1.29 is 14.3 Å². The Kier molecular flexibility index (Phi) is 5.79. The van der Waals surface area contributed by atoms with E-state index in [1.165, 1.54) is 0 Å². The molecule has 1 aliphatic heterocycles. The fourth-order valence-electron chi connectivity index (χ4n) is 3.57. The highest BCUT2D eigenvalue weighted by atomic mass is 16.5. The van der Waals surface area contributed by atoms with Gasteiger partial charge in [-0.15, -0.1) is 0 Å². The average molecular weight is 391 g/mol. The summed E-state index contributed by atoms with van der Waals surface area (Å²) in [6.07, 6.45) is 3.41. The van der Waals surface area contributed by atoms with Crippen molar-refractivity contribution in [1.82, 2.24) is 9.88 Å². The summed E-state index contributed by atoms with van der Waals surface area (Å²) in [5, 5.41) is 4.03. The van der Waals surface area contributed by atoms with Crippen molar-refractivity contribution in [2.24, 2.45) is 0 Å². The largest absolute Gasteiger partial charge is 0.492 e. The first-order valence-electron chi connectivity index (χ1n) is 10.0. The number of rotatable bonds is 5. The number of carbonyl (C=O) groups is 1. The minimum atomic E-state index is -0.109. The molecule has 6 nitrogen and oxygen atoms in total. The number of anilines is 1. The van der Waals surface area contributed by atoms with Gasteiger partial charge in [-0.05, 0) is 31.2 Å². The first kappa shape index (κ1) is 19.1. The number of fused-ring (bicyclic) bond motifs is 1. The molecule has 0 unspecified atom stereocenters. The van der Waals surface area contributed by atoms with Gasteiger partial charge in [0.25, 0.3) is 0 Å². The lowest BCUT2D eigenvalue weighted by molar-refractivity contribution is 0.116. The molecule has 1 aliphatic rings. The molecule has 0 radical (unpaired) electrons. The lowest BCUT2D eigenvalue weighted by Gasteiger charge is -2.32. The molecule has 2 amide bonds. The minimum Gasteiger partial charge on any atom is -0.492 e. The number of para-hydroxylation sites is 3. The Labute approximate surface area is 170 Å². The number of ether oxygens (including phenoxy) is 2. The van der Waals surface area contributed by atoms with Gasteiger partial charge in [-0.25, -0.2) is 4.79 Å². The third kappa shape index (κ3) is 4.42. The van der Waals surface area contributed by atoms with E-state index >= 15 is 0 Å². The van der Waals surface area contributed by atoms with E-state index in [0.29, 0.717) is 31.1 Å². The molecular formula is C23H25N3O3. The second kappa shape index (κ2) is 8.82. The quantitative estimate of drug-likeness (QED) is 0.684. The van der Waals surface area contributed by atoms with Crippen LogP contribution in [0.25, 0.3) is 10.9 Å². The Morgan fingerprint density at radius 3 is 2.66 bits per heavy atom. The molecule has 0 saturated carbocycles. The number of hydrogen-bond donors (Lipinski definition) is 1. The van der Waals surface area contributed by atoms with Crippen molar-refractivity contribution in [3.05, 3.63) is 60.8 Å². The van der Waals surface area contributed by atoms with Crippen molar-refractivity contribution in [3.63, 3.8) is 0 Å². The zero-order valence-electron chi connectivity index (χ0n) is 16.5. The van der Waals surface area contributed by atoms with Crippen molar-refractivity contribution in [1.29, 1.82) is 0 Å². The van der Waals surface area contributed by atoms with E-state index in [1.54, 1.807) is 6.20 Å². The molecule has 4 rings (SSSR count). The molecule has 1 N–H and O–H groups in total. The van der Waals surface area contributed by atoms with Gasteiger partial charge in [0.15, 0.2) is 0 Å². The predicted molar refractivity (Wildman–Crippen MR) is 114 cm³/mol. The van der Waals surface area contributed by atoms with Crippen LogP contribution in [-0.2, 0) is 0 Å². The van der Waals surface area contributed by atoms with Crippen LogP contribution in [0.5, 0.6) is 11.5 Å². The van der Waals surface area contributed by atoms with Gasteiger partial charge in [-0.1, -0.05) is 30.3 Å². The van der Waals surface area contributed by atoms with Crippen LogP contribution >= 0.6 is 0 Å². The Balaban J connectivity index is 1.35. The Morgan fingerprint density at radius 1 is 1.07 bits per heavy atom. The normalized spacial score (nSPS) is 14.6. The maximum absolute atomic E-state index is 12.7. The zero-order valence-corrected chi connectivity index (χ0v) is 16.5. The third-order valence-corrected chi connectivity index (χ3v) is 5.05. The van der Waals surface area contributed by atoms with Crippen LogP contribution in [0.2, 0.25) is 0 Å². The number of urea groups is 1. The number of nitrogens with zero attached hydrogens (tertiary/aromatic N) is 2. The summed E-state index contributed by atoms with van der Waals surface area (Å²) in [6, 6.07) is 17.3. The highest BCUT2D eigenvalue weighted by Gasteiger charge is 2.25. The lowest BCUT2D eigenvalue weighted by Crippen LogP contribution is -2.43. The maximum Gasteiger partial charge on any atom is 0.321 e. The standard InChI is InChI=1S/C23H25N3O3/c1-2-28-20-10-4-3-9-19(20)25-23(27)26-15-12-18(13-16-26)29-21-11-5-7-17-8-6-14-24-22(17)21/h3-11,14,18H,2,12-13,15-16H2,1H3,(H,25,27). The number of aromatic nitrogens is 1. The number of hydrogen-bond acceptors (Lipinski definition) is 4. The van der Waals surface area contributed by atoms with Gasteiger partial charge in [-0.2, -0.15) is 0 Å². The summed E-state index contributed by atoms with van der Waals surface area (Å²) in [5.41, 5.74) is 1.57. The molecular weight excluding hydrogens is 366 g/mol. The first-order valence-corrected chi connectivity index (χ1v) is 10.0. The number of amides is 2. The van der Waals surface area contributed by atoms with Gasteiger partial charge >= 0.3 is 6.03 Å². The highest BCUT2D eigenvalue weighted by Crippen LogP contribution is 2.27. The van der Waals surface area contributed by atoms with E-state index in [9.17, 15) is 4.79 Å². The topological polar surface area (TPSA) is 63.7 Å². The Morgan fingerprint density at radius 2 is 1.83 bits per heavy atom. The molecule has 0 spiro atoms. The molecule has 1 aromatic heterocycles. The molecule has 1 saturated heterocycles. The summed E-state index contributed by atoms with van der Waals surface area (Å²) in [6.45, 7) is 3.77. The van der Waals surface area contributed by atoms with E-state index in [1.807, 2.05) is 66.4 Å². The third-order valence-electron chi connectivity index (χ3n) is 5.05. The van der Waals surface area contributed by atoms with Crippen LogP contribution in [0.4, 0.5) is 10.5 Å². The van der Waals surface area contributed by atoms with Gasteiger partial charge in [0.05, 0.1) is 12.3 Å². The molecule has 3 aromatic rings. The van der Waals surface area contributed by atoms with E-state index < -0.39 is 0 Å². The van der Waals surface area contributed by atoms with Crippen LogP contribution < -0.4 is 14.8 Å². The lowest BCUT2D eigenvalue weighted by atomic mass is 10.1. The second-order valence-electron chi connectivity index (χ2n) is 6.99. The number of nitrogens with one attached hydrogen (secondary N) is 1. The Bertz CT molecular complexity index is 979. The molecule has 2 aromatic carbocycles. The first-order chi connectivity index (χ1) is 14.2. The molecule has 6 heteroatoms.